The van der Waals surface area contributed by atoms with Crippen LogP contribution in [0.15, 0.2) is 36.7 Å². The molecule has 0 fully saturated rings. The van der Waals surface area contributed by atoms with E-state index in [4.69, 9.17) is 21.6 Å². The lowest BCUT2D eigenvalue weighted by atomic mass is 10.2. The van der Waals surface area contributed by atoms with Gasteiger partial charge in [-0.2, -0.15) is 15.5 Å². The number of hydrogen-bond donors (Lipinski definition) is 1. The maximum Gasteiger partial charge on any atom is 0.343 e. The van der Waals surface area contributed by atoms with Crippen LogP contribution in [-0.4, -0.2) is 41.6 Å². The van der Waals surface area contributed by atoms with Crippen LogP contribution in [0.5, 0.6) is 0 Å². The maximum atomic E-state index is 12.2. The zero-order valence-electron chi connectivity index (χ0n) is 19.0. The standard InChI is InChI=1S/C23H21ClN8O2/c1-13-21(23(33)34-11-24)15(3)32(29-13)20-9-19(26-12-27-20)28-22-14(2)30-31(16(22)4)18-7-5-17(10-25)6-8-18/h5-9,12H,11H2,1-4H3,(H,26,27,28). The van der Waals surface area contributed by atoms with E-state index in [2.05, 4.69) is 31.6 Å². The third-order valence-corrected chi connectivity index (χ3v) is 5.45. The first-order chi connectivity index (χ1) is 16.3. The van der Waals surface area contributed by atoms with E-state index in [0.29, 0.717) is 34.2 Å². The molecule has 4 aromatic rings. The minimum absolute atomic E-state index is 0.237. The molecular formula is C23H21ClN8O2. The van der Waals surface area contributed by atoms with Crippen LogP contribution in [0.3, 0.4) is 0 Å². The molecule has 34 heavy (non-hydrogen) atoms. The Labute approximate surface area is 200 Å². The number of nitriles is 1. The summed E-state index contributed by atoms with van der Waals surface area (Å²) in [5.41, 5.74) is 5.32. The third-order valence-electron chi connectivity index (χ3n) is 5.34. The molecule has 4 rings (SSSR count). The Morgan fingerprint density at radius 3 is 2.44 bits per heavy atom. The summed E-state index contributed by atoms with van der Waals surface area (Å²) in [6, 6.07) is 10.8. The van der Waals surface area contributed by atoms with Gasteiger partial charge in [0.2, 0.25) is 0 Å². The molecule has 0 aliphatic carbocycles. The van der Waals surface area contributed by atoms with Crippen LogP contribution in [-0.2, 0) is 4.74 Å². The molecule has 3 aromatic heterocycles. The second-order valence-electron chi connectivity index (χ2n) is 7.50. The van der Waals surface area contributed by atoms with Gasteiger partial charge in [0, 0.05) is 6.07 Å². The average Bonchev–Trinajstić information content (AvgIpc) is 3.29. The van der Waals surface area contributed by atoms with Crippen LogP contribution in [0.2, 0.25) is 0 Å². The quantitative estimate of drug-likeness (QED) is 0.326. The maximum absolute atomic E-state index is 12.2. The van der Waals surface area contributed by atoms with Crippen molar-refractivity contribution in [3.8, 4) is 17.6 Å². The van der Waals surface area contributed by atoms with Gasteiger partial charge >= 0.3 is 5.97 Å². The smallest absolute Gasteiger partial charge is 0.343 e. The number of benzene rings is 1. The van der Waals surface area contributed by atoms with E-state index in [1.54, 1.807) is 41.4 Å². The largest absolute Gasteiger partial charge is 0.446 e. The molecule has 0 amide bonds. The summed E-state index contributed by atoms with van der Waals surface area (Å²) in [6.45, 7) is 7.32. The van der Waals surface area contributed by atoms with Crippen molar-refractivity contribution < 1.29 is 9.53 Å². The van der Waals surface area contributed by atoms with E-state index in [-0.39, 0.29) is 6.07 Å². The van der Waals surface area contributed by atoms with Crippen LogP contribution >= 0.6 is 11.6 Å². The number of hydrogen-bond acceptors (Lipinski definition) is 8. The van der Waals surface area contributed by atoms with E-state index < -0.39 is 5.97 Å². The van der Waals surface area contributed by atoms with Crippen molar-refractivity contribution in [2.75, 3.05) is 11.4 Å². The second kappa shape index (κ2) is 9.33. The SMILES string of the molecule is Cc1nn(-c2ccc(C#N)cc2)c(C)c1Nc1cc(-n2nc(C)c(C(=O)OCCl)c2C)ncn1. The van der Waals surface area contributed by atoms with Gasteiger partial charge in [0.1, 0.15) is 17.7 Å². The monoisotopic (exact) mass is 476 g/mol. The van der Waals surface area contributed by atoms with E-state index >= 15 is 0 Å². The highest BCUT2D eigenvalue weighted by atomic mass is 35.5. The molecule has 0 unspecified atom stereocenters. The average molecular weight is 477 g/mol. The van der Waals surface area contributed by atoms with Gasteiger partial charge in [-0.05, 0) is 52.0 Å². The number of rotatable bonds is 6. The number of anilines is 2. The summed E-state index contributed by atoms with van der Waals surface area (Å²) >= 11 is 5.53. The van der Waals surface area contributed by atoms with E-state index in [9.17, 15) is 4.79 Å². The molecule has 11 heteroatoms. The Balaban J connectivity index is 1.65. The van der Waals surface area contributed by atoms with Crippen molar-refractivity contribution >= 4 is 29.1 Å². The molecule has 0 atom stereocenters. The molecule has 0 aliphatic heterocycles. The van der Waals surface area contributed by atoms with Gasteiger partial charge in [0.15, 0.2) is 11.9 Å². The number of nitrogens with zero attached hydrogens (tertiary/aromatic N) is 7. The summed E-state index contributed by atoms with van der Waals surface area (Å²) in [4.78, 5) is 20.9. The Hall–Kier alpha value is -4.23. The fourth-order valence-corrected chi connectivity index (χ4v) is 3.79. The van der Waals surface area contributed by atoms with Gasteiger partial charge in [-0.1, -0.05) is 11.6 Å². The van der Waals surface area contributed by atoms with E-state index in [1.807, 2.05) is 26.0 Å². The number of esters is 1. The van der Waals surface area contributed by atoms with Crippen LogP contribution < -0.4 is 5.32 Å². The molecule has 0 bridgehead atoms. The van der Waals surface area contributed by atoms with Crippen molar-refractivity contribution in [2.45, 2.75) is 27.7 Å². The molecule has 0 saturated carbocycles. The summed E-state index contributed by atoms with van der Waals surface area (Å²) in [5, 5.41) is 21.4. The van der Waals surface area contributed by atoms with Crippen molar-refractivity contribution in [1.29, 1.82) is 5.26 Å². The predicted octanol–water partition coefficient (Wildman–Crippen LogP) is 4.05. The Morgan fingerprint density at radius 1 is 1.06 bits per heavy atom. The summed E-state index contributed by atoms with van der Waals surface area (Å²) in [5.74, 6) is 0.482. The molecule has 1 aromatic carbocycles. The van der Waals surface area contributed by atoms with Crippen LogP contribution in [0.1, 0.15) is 38.7 Å². The summed E-state index contributed by atoms with van der Waals surface area (Å²) in [7, 11) is 0. The molecule has 0 saturated heterocycles. The predicted molar refractivity (Wildman–Crippen MR) is 126 cm³/mol. The second-order valence-corrected chi connectivity index (χ2v) is 7.72. The third kappa shape index (κ3) is 4.21. The number of nitrogens with one attached hydrogen (secondary N) is 1. The van der Waals surface area contributed by atoms with Gasteiger partial charge in [0.05, 0.1) is 45.8 Å². The Morgan fingerprint density at radius 2 is 1.76 bits per heavy atom. The fourth-order valence-electron chi connectivity index (χ4n) is 3.69. The van der Waals surface area contributed by atoms with Gasteiger partial charge in [-0.3, -0.25) is 0 Å². The normalized spacial score (nSPS) is 10.7. The van der Waals surface area contributed by atoms with Crippen LogP contribution in [0.25, 0.3) is 11.5 Å². The van der Waals surface area contributed by atoms with Gasteiger partial charge < -0.3 is 10.1 Å². The topological polar surface area (TPSA) is 124 Å². The molecule has 10 nitrogen and oxygen atoms in total. The van der Waals surface area contributed by atoms with E-state index in [0.717, 1.165) is 22.8 Å². The van der Waals surface area contributed by atoms with Gasteiger partial charge in [-0.25, -0.2) is 24.1 Å². The summed E-state index contributed by atoms with van der Waals surface area (Å²) in [6.07, 6.45) is 1.42. The van der Waals surface area contributed by atoms with E-state index in [1.165, 1.54) is 6.33 Å². The number of aryl methyl sites for hydroxylation is 2. The Bertz CT molecular complexity index is 1420. The number of carbonyl (C=O) groups is 1. The first-order valence-electron chi connectivity index (χ1n) is 10.3. The highest BCUT2D eigenvalue weighted by Crippen LogP contribution is 2.27. The van der Waals surface area contributed by atoms with Crippen LogP contribution in [0, 0.1) is 39.0 Å². The number of ether oxygens (including phenoxy) is 1. The Kier molecular flexibility index (Phi) is 6.30. The zero-order valence-corrected chi connectivity index (χ0v) is 19.8. The highest BCUT2D eigenvalue weighted by molar-refractivity contribution is 6.17. The minimum Gasteiger partial charge on any atom is -0.446 e. The number of carbonyl (C=O) groups excluding carboxylic acids is 1. The fraction of sp³-hybridized carbons (Fsp3) is 0.217. The van der Waals surface area contributed by atoms with Crippen molar-refractivity contribution in [2.24, 2.45) is 0 Å². The van der Waals surface area contributed by atoms with Crippen molar-refractivity contribution in [3.05, 3.63) is 70.6 Å². The van der Waals surface area contributed by atoms with Gasteiger partial charge in [0.25, 0.3) is 0 Å². The number of aromatic nitrogens is 6. The molecule has 0 aliphatic rings. The first kappa shape index (κ1) is 22.9. The minimum atomic E-state index is -0.537. The molecule has 3 heterocycles. The lowest BCUT2D eigenvalue weighted by Crippen LogP contribution is -2.08. The summed E-state index contributed by atoms with van der Waals surface area (Å²) < 4.78 is 8.29. The van der Waals surface area contributed by atoms with Crippen LogP contribution in [0.4, 0.5) is 11.5 Å². The first-order valence-corrected chi connectivity index (χ1v) is 10.8. The lowest BCUT2D eigenvalue weighted by Gasteiger charge is -2.09. The molecule has 1 N–H and O–H groups in total. The molecule has 0 spiro atoms. The van der Waals surface area contributed by atoms with Crippen molar-refractivity contribution in [3.63, 3.8) is 0 Å². The highest BCUT2D eigenvalue weighted by Gasteiger charge is 2.21. The molecule has 172 valence electrons. The molecular weight excluding hydrogens is 456 g/mol. The molecule has 0 radical (unpaired) electrons. The van der Waals surface area contributed by atoms with Gasteiger partial charge in [-0.15, -0.1) is 0 Å². The number of halogens is 1. The number of alkyl halides is 1. The van der Waals surface area contributed by atoms with Crippen molar-refractivity contribution in [1.82, 2.24) is 29.5 Å². The lowest BCUT2D eigenvalue weighted by molar-refractivity contribution is 0.0572. The zero-order chi connectivity index (χ0) is 24.4.